The molecular weight excluding hydrogens is 142 g/mol. The van der Waals surface area contributed by atoms with E-state index in [1.807, 2.05) is 0 Å². The zero-order valence-corrected chi connectivity index (χ0v) is 6.03. The van der Waals surface area contributed by atoms with Crippen molar-refractivity contribution >= 4 is 5.65 Å². The summed E-state index contributed by atoms with van der Waals surface area (Å²) < 4.78 is 1.61. The molecule has 0 aliphatic carbocycles. The second kappa shape index (κ2) is 1.95. The summed E-state index contributed by atoms with van der Waals surface area (Å²) in [6.45, 7) is 1.75. The second-order valence-corrected chi connectivity index (χ2v) is 2.38. The molecule has 56 valence electrons. The SMILES string of the molecule is Cc1c(=O)[nH]n2cccnc12. The third-order valence-corrected chi connectivity index (χ3v) is 1.64. The number of aryl methyl sites for hydroxylation is 1. The van der Waals surface area contributed by atoms with Crippen LogP contribution in [-0.2, 0) is 0 Å². The molecule has 4 heteroatoms. The summed E-state index contributed by atoms with van der Waals surface area (Å²) in [5.41, 5.74) is 1.27. The first kappa shape index (κ1) is 6.15. The van der Waals surface area contributed by atoms with E-state index < -0.39 is 0 Å². The zero-order chi connectivity index (χ0) is 7.84. The minimum Gasteiger partial charge on any atom is -0.268 e. The van der Waals surface area contributed by atoms with Gasteiger partial charge in [0, 0.05) is 12.4 Å². The fraction of sp³-hybridized carbons (Fsp3) is 0.143. The molecule has 0 radical (unpaired) electrons. The van der Waals surface area contributed by atoms with Crippen LogP contribution >= 0.6 is 0 Å². The lowest BCUT2D eigenvalue weighted by Gasteiger charge is -1.89. The first-order chi connectivity index (χ1) is 5.29. The molecule has 2 aromatic rings. The van der Waals surface area contributed by atoms with Gasteiger partial charge in [-0.15, -0.1) is 0 Å². The highest BCUT2D eigenvalue weighted by Gasteiger charge is 2.01. The van der Waals surface area contributed by atoms with Crippen molar-refractivity contribution in [2.24, 2.45) is 0 Å². The van der Waals surface area contributed by atoms with Gasteiger partial charge in [-0.1, -0.05) is 0 Å². The number of fused-ring (bicyclic) bond motifs is 1. The Bertz CT molecular complexity index is 440. The molecule has 2 rings (SSSR count). The maximum absolute atomic E-state index is 11.0. The Labute approximate surface area is 62.5 Å². The van der Waals surface area contributed by atoms with Crippen LogP contribution in [-0.4, -0.2) is 14.6 Å². The van der Waals surface area contributed by atoms with E-state index >= 15 is 0 Å². The molecule has 0 amide bonds. The van der Waals surface area contributed by atoms with Gasteiger partial charge in [0.25, 0.3) is 5.56 Å². The van der Waals surface area contributed by atoms with Crippen molar-refractivity contribution in [3.63, 3.8) is 0 Å². The van der Waals surface area contributed by atoms with Crippen LogP contribution in [0.15, 0.2) is 23.3 Å². The van der Waals surface area contributed by atoms with Gasteiger partial charge in [-0.25, -0.2) is 9.50 Å². The van der Waals surface area contributed by atoms with Gasteiger partial charge in [0.1, 0.15) is 0 Å². The highest BCUT2D eigenvalue weighted by molar-refractivity contribution is 5.44. The first-order valence-electron chi connectivity index (χ1n) is 3.31. The van der Waals surface area contributed by atoms with Gasteiger partial charge in [-0.3, -0.25) is 9.89 Å². The smallest absolute Gasteiger partial charge is 0.268 e. The lowest BCUT2D eigenvalue weighted by Crippen LogP contribution is -2.01. The lowest BCUT2D eigenvalue weighted by molar-refractivity contribution is 0.919. The van der Waals surface area contributed by atoms with Crippen molar-refractivity contribution < 1.29 is 0 Å². The molecule has 0 saturated carbocycles. The van der Waals surface area contributed by atoms with Crippen LogP contribution in [0, 0.1) is 6.92 Å². The van der Waals surface area contributed by atoms with E-state index in [1.54, 1.807) is 29.9 Å². The Morgan fingerprint density at radius 3 is 3.18 bits per heavy atom. The maximum Gasteiger partial charge on any atom is 0.269 e. The Balaban J connectivity index is 3.04. The molecule has 0 bridgehead atoms. The molecule has 0 aliphatic heterocycles. The number of aromatic nitrogens is 3. The summed E-state index contributed by atoms with van der Waals surface area (Å²) in [7, 11) is 0. The molecule has 11 heavy (non-hydrogen) atoms. The van der Waals surface area contributed by atoms with Crippen LogP contribution in [0.2, 0.25) is 0 Å². The number of H-pyrrole nitrogens is 1. The van der Waals surface area contributed by atoms with Crippen molar-refractivity contribution in [2.75, 3.05) is 0 Å². The lowest BCUT2D eigenvalue weighted by atomic mass is 10.4. The summed E-state index contributed by atoms with van der Waals surface area (Å²) in [5, 5.41) is 2.63. The normalized spacial score (nSPS) is 10.6. The molecule has 0 aromatic carbocycles. The van der Waals surface area contributed by atoms with Gasteiger partial charge in [0.05, 0.1) is 5.56 Å². The second-order valence-electron chi connectivity index (χ2n) is 2.38. The quantitative estimate of drug-likeness (QED) is 0.586. The minimum absolute atomic E-state index is 0.0799. The number of rotatable bonds is 0. The molecule has 2 aromatic heterocycles. The molecular formula is C7H7N3O. The molecule has 0 unspecified atom stereocenters. The van der Waals surface area contributed by atoms with E-state index in [2.05, 4.69) is 10.1 Å². The average Bonchev–Trinajstić information content (AvgIpc) is 2.30. The highest BCUT2D eigenvalue weighted by atomic mass is 16.1. The summed E-state index contributed by atoms with van der Waals surface area (Å²) >= 11 is 0. The largest absolute Gasteiger partial charge is 0.269 e. The number of hydrogen-bond donors (Lipinski definition) is 1. The highest BCUT2D eigenvalue weighted by Crippen LogP contribution is 1.97. The van der Waals surface area contributed by atoms with Crippen LogP contribution in [0.25, 0.3) is 5.65 Å². The summed E-state index contributed by atoms with van der Waals surface area (Å²) in [5.74, 6) is 0. The molecule has 0 saturated heterocycles. The number of aromatic amines is 1. The first-order valence-corrected chi connectivity index (χ1v) is 3.31. The van der Waals surface area contributed by atoms with E-state index in [4.69, 9.17) is 0 Å². The van der Waals surface area contributed by atoms with Crippen molar-refractivity contribution in [1.82, 2.24) is 14.6 Å². The Morgan fingerprint density at radius 1 is 1.64 bits per heavy atom. The predicted octanol–water partition coefficient (Wildman–Crippen LogP) is 0.331. The van der Waals surface area contributed by atoms with E-state index in [-0.39, 0.29) is 5.56 Å². The van der Waals surface area contributed by atoms with Crippen LogP contribution in [0.1, 0.15) is 5.56 Å². The molecule has 2 heterocycles. The summed E-state index contributed by atoms with van der Waals surface area (Å²) in [4.78, 5) is 15.1. The fourth-order valence-electron chi connectivity index (χ4n) is 1.03. The third kappa shape index (κ3) is 0.756. The Morgan fingerprint density at radius 2 is 2.45 bits per heavy atom. The van der Waals surface area contributed by atoms with E-state index in [9.17, 15) is 4.79 Å². The molecule has 0 aliphatic rings. The third-order valence-electron chi connectivity index (χ3n) is 1.64. The van der Waals surface area contributed by atoms with Crippen LogP contribution in [0.3, 0.4) is 0 Å². The van der Waals surface area contributed by atoms with E-state index in [1.165, 1.54) is 0 Å². The molecule has 0 spiro atoms. The van der Waals surface area contributed by atoms with E-state index in [0.717, 1.165) is 0 Å². The topological polar surface area (TPSA) is 50.2 Å². The van der Waals surface area contributed by atoms with Crippen LogP contribution < -0.4 is 5.56 Å². The van der Waals surface area contributed by atoms with Gasteiger partial charge in [-0.05, 0) is 13.0 Å². The predicted molar refractivity (Wildman–Crippen MR) is 40.5 cm³/mol. The Kier molecular flexibility index (Phi) is 1.09. The molecule has 4 nitrogen and oxygen atoms in total. The standard InChI is InChI=1S/C7H7N3O/c1-5-6-8-3-2-4-10(6)9-7(5)11/h2-4H,1H3,(H,9,11). The number of nitrogens with one attached hydrogen (secondary N) is 1. The summed E-state index contributed by atoms with van der Waals surface area (Å²) in [6, 6.07) is 1.77. The maximum atomic E-state index is 11.0. The number of nitrogens with zero attached hydrogens (tertiary/aromatic N) is 2. The van der Waals surface area contributed by atoms with Crippen LogP contribution in [0.5, 0.6) is 0 Å². The van der Waals surface area contributed by atoms with Crippen molar-refractivity contribution in [2.45, 2.75) is 6.92 Å². The van der Waals surface area contributed by atoms with Gasteiger partial charge < -0.3 is 0 Å². The minimum atomic E-state index is -0.0799. The average molecular weight is 149 g/mol. The van der Waals surface area contributed by atoms with E-state index in [0.29, 0.717) is 11.2 Å². The van der Waals surface area contributed by atoms with Gasteiger partial charge in [-0.2, -0.15) is 0 Å². The zero-order valence-electron chi connectivity index (χ0n) is 6.03. The molecule has 1 N–H and O–H groups in total. The van der Waals surface area contributed by atoms with Crippen LogP contribution in [0.4, 0.5) is 0 Å². The van der Waals surface area contributed by atoms with Crippen molar-refractivity contribution in [3.05, 3.63) is 34.4 Å². The fourth-order valence-corrected chi connectivity index (χ4v) is 1.03. The Hall–Kier alpha value is -1.58. The van der Waals surface area contributed by atoms with Gasteiger partial charge >= 0.3 is 0 Å². The molecule has 0 atom stereocenters. The van der Waals surface area contributed by atoms with Gasteiger partial charge in [0.2, 0.25) is 0 Å². The monoisotopic (exact) mass is 149 g/mol. The van der Waals surface area contributed by atoms with Crippen molar-refractivity contribution in [1.29, 1.82) is 0 Å². The summed E-state index contributed by atoms with van der Waals surface area (Å²) in [6.07, 6.45) is 3.42. The number of hydrogen-bond acceptors (Lipinski definition) is 2. The molecule has 0 fully saturated rings. The van der Waals surface area contributed by atoms with Gasteiger partial charge in [0.15, 0.2) is 5.65 Å². The van der Waals surface area contributed by atoms with Crippen molar-refractivity contribution in [3.8, 4) is 0 Å².